The zero-order valence-electron chi connectivity index (χ0n) is 14.9. The van der Waals surface area contributed by atoms with E-state index >= 15 is 0 Å². The lowest BCUT2D eigenvalue weighted by atomic mass is 9.97. The fourth-order valence-electron chi connectivity index (χ4n) is 3.95. The molecule has 2 aliphatic rings. The molecule has 3 heterocycles. The van der Waals surface area contributed by atoms with Gasteiger partial charge in [0.1, 0.15) is 6.17 Å². The highest BCUT2D eigenvalue weighted by atomic mass is 32.1. The van der Waals surface area contributed by atoms with E-state index in [0.29, 0.717) is 17.7 Å². The summed E-state index contributed by atoms with van der Waals surface area (Å²) in [5, 5.41) is 4.97. The Bertz CT molecular complexity index is 818. The molecule has 0 aliphatic carbocycles. The molecule has 1 fully saturated rings. The van der Waals surface area contributed by atoms with E-state index in [0.717, 1.165) is 42.9 Å². The van der Waals surface area contributed by atoms with Crippen molar-refractivity contribution in [2.45, 2.75) is 38.9 Å². The summed E-state index contributed by atoms with van der Waals surface area (Å²) in [6.45, 7) is 4.28. The Morgan fingerprint density at radius 1 is 1.31 bits per heavy atom. The van der Waals surface area contributed by atoms with Crippen LogP contribution < -0.4 is 10.2 Å². The first-order valence-corrected chi connectivity index (χ1v) is 10.1. The third-order valence-electron chi connectivity index (χ3n) is 5.24. The van der Waals surface area contributed by atoms with E-state index in [2.05, 4.69) is 17.1 Å². The topological polar surface area (TPSA) is 52.7 Å². The second-order valence-electron chi connectivity index (χ2n) is 6.75. The minimum Gasteiger partial charge on any atom is -0.351 e. The van der Waals surface area contributed by atoms with Gasteiger partial charge >= 0.3 is 0 Å². The number of amides is 2. The highest BCUT2D eigenvalue weighted by Crippen LogP contribution is 2.35. The third kappa shape index (κ3) is 2.98. The summed E-state index contributed by atoms with van der Waals surface area (Å²) < 4.78 is 0. The lowest BCUT2D eigenvalue weighted by Crippen LogP contribution is -2.57. The Morgan fingerprint density at radius 2 is 2.19 bits per heavy atom. The second kappa shape index (κ2) is 7.11. The Kier molecular flexibility index (Phi) is 4.68. The van der Waals surface area contributed by atoms with Gasteiger partial charge in [0.05, 0.1) is 17.8 Å². The number of nitrogens with zero attached hydrogens (tertiary/aromatic N) is 2. The van der Waals surface area contributed by atoms with Crippen LogP contribution in [0.1, 0.15) is 51.8 Å². The lowest BCUT2D eigenvalue weighted by molar-refractivity contribution is 0.0582. The van der Waals surface area contributed by atoms with Gasteiger partial charge in [-0.3, -0.25) is 9.59 Å². The molecule has 1 atom stereocenters. The van der Waals surface area contributed by atoms with Gasteiger partial charge in [-0.1, -0.05) is 6.07 Å². The molecule has 136 valence electrons. The van der Waals surface area contributed by atoms with Crippen molar-refractivity contribution in [3.63, 3.8) is 0 Å². The average Bonchev–Trinajstić information content (AvgIpc) is 3.20. The van der Waals surface area contributed by atoms with Crippen LogP contribution in [0.4, 0.5) is 5.69 Å². The summed E-state index contributed by atoms with van der Waals surface area (Å²) in [6.07, 6.45) is 3.33. The number of fused-ring (bicyclic) bond motifs is 2. The van der Waals surface area contributed by atoms with Crippen molar-refractivity contribution < 1.29 is 9.59 Å². The predicted octanol–water partition coefficient (Wildman–Crippen LogP) is 3.47. The molecular formula is C20H23N3O2S. The maximum Gasteiger partial charge on any atom is 0.257 e. The van der Waals surface area contributed by atoms with Crippen molar-refractivity contribution >= 4 is 28.8 Å². The fourth-order valence-corrected chi connectivity index (χ4v) is 4.59. The lowest BCUT2D eigenvalue weighted by Gasteiger charge is -2.47. The summed E-state index contributed by atoms with van der Waals surface area (Å²) in [5.74, 6) is -0.00396. The molecule has 5 nitrogen and oxygen atoms in total. The highest BCUT2D eigenvalue weighted by molar-refractivity contribution is 7.09. The number of thiophene rings is 1. The molecule has 2 amide bonds. The quantitative estimate of drug-likeness (QED) is 0.898. The average molecular weight is 369 g/mol. The number of carbonyl (C=O) groups excluding carboxylic acids is 2. The van der Waals surface area contributed by atoms with E-state index in [9.17, 15) is 9.59 Å². The van der Waals surface area contributed by atoms with Crippen LogP contribution in [0, 0.1) is 0 Å². The monoisotopic (exact) mass is 369 g/mol. The van der Waals surface area contributed by atoms with Gasteiger partial charge in [0.15, 0.2) is 0 Å². The first-order chi connectivity index (χ1) is 12.7. The predicted molar refractivity (Wildman–Crippen MR) is 104 cm³/mol. The molecule has 0 radical (unpaired) electrons. The molecule has 1 N–H and O–H groups in total. The Balaban J connectivity index is 1.60. The molecule has 1 saturated heterocycles. The number of anilines is 1. The summed E-state index contributed by atoms with van der Waals surface area (Å²) in [4.78, 5) is 30.8. The molecule has 6 heteroatoms. The van der Waals surface area contributed by atoms with Crippen molar-refractivity contribution in [3.8, 4) is 0 Å². The van der Waals surface area contributed by atoms with Gasteiger partial charge in [-0.25, -0.2) is 0 Å². The minimum atomic E-state index is -0.101. The Labute approximate surface area is 157 Å². The number of benzene rings is 1. The van der Waals surface area contributed by atoms with Gasteiger partial charge in [-0.2, -0.15) is 0 Å². The maximum atomic E-state index is 12.9. The van der Waals surface area contributed by atoms with Crippen molar-refractivity contribution in [3.05, 3.63) is 51.7 Å². The van der Waals surface area contributed by atoms with Gasteiger partial charge < -0.3 is 15.1 Å². The van der Waals surface area contributed by atoms with Crippen LogP contribution in [0.15, 0.2) is 35.7 Å². The van der Waals surface area contributed by atoms with Crippen LogP contribution >= 0.6 is 11.3 Å². The van der Waals surface area contributed by atoms with Gasteiger partial charge in [0, 0.05) is 23.5 Å². The first kappa shape index (κ1) is 17.1. The van der Waals surface area contributed by atoms with E-state index in [1.165, 1.54) is 0 Å². The largest absolute Gasteiger partial charge is 0.351 e. The van der Waals surface area contributed by atoms with Crippen LogP contribution in [0.25, 0.3) is 0 Å². The van der Waals surface area contributed by atoms with Crippen LogP contribution in [0.2, 0.25) is 0 Å². The molecule has 0 unspecified atom stereocenters. The van der Waals surface area contributed by atoms with Gasteiger partial charge in [-0.05, 0) is 55.8 Å². The normalized spacial score (nSPS) is 19.1. The molecular weight excluding hydrogens is 346 g/mol. The minimum absolute atomic E-state index is 0.0972. The summed E-state index contributed by atoms with van der Waals surface area (Å²) in [6, 6.07) is 9.44. The van der Waals surface area contributed by atoms with Gasteiger partial charge in [0.25, 0.3) is 11.8 Å². The molecule has 4 rings (SSSR count). The summed E-state index contributed by atoms with van der Waals surface area (Å²) in [5.41, 5.74) is 2.21. The number of hydrogen-bond acceptors (Lipinski definition) is 4. The standard InChI is InChI=1S/C20H23N3O2S/c1-2-22-17-12-14(19(24)21-13-15-6-5-11-26-15)8-9-16(17)20(25)23-10-4-3-7-18(22)23/h5-6,8-9,11-12,18H,2-4,7,10,13H2,1H3,(H,21,24)/t18-/m0/s1. The van der Waals surface area contributed by atoms with Crippen LogP contribution in [-0.2, 0) is 6.54 Å². The maximum absolute atomic E-state index is 12.9. The van der Waals surface area contributed by atoms with Crippen molar-refractivity contribution in [2.24, 2.45) is 0 Å². The molecule has 0 spiro atoms. The zero-order chi connectivity index (χ0) is 18.1. The summed E-state index contributed by atoms with van der Waals surface area (Å²) >= 11 is 1.63. The van der Waals surface area contributed by atoms with E-state index in [1.807, 2.05) is 34.5 Å². The fraction of sp³-hybridized carbons (Fsp3) is 0.400. The molecule has 1 aromatic heterocycles. The second-order valence-corrected chi connectivity index (χ2v) is 7.79. The SMILES string of the molecule is CCN1c2cc(C(=O)NCc3cccs3)ccc2C(=O)N2CCCC[C@H]21. The van der Waals surface area contributed by atoms with Crippen LogP contribution in [0.3, 0.4) is 0 Å². The zero-order valence-corrected chi connectivity index (χ0v) is 15.7. The highest BCUT2D eigenvalue weighted by Gasteiger charge is 2.38. The van der Waals surface area contributed by atoms with E-state index in [1.54, 1.807) is 17.4 Å². The molecule has 2 aromatic rings. The van der Waals surface area contributed by atoms with Crippen LogP contribution in [-0.4, -0.2) is 36.0 Å². The van der Waals surface area contributed by atoms with Crippen molar-refractivity contribution in [1.82, 2.24) is 10.2 Å². The summed E-state index contributed by atoms with van der Waals surface area (Å²) in [7, 11) is 0. The number of nitrogens with one attached hydrogen (secondary N) is 1. The Hall–Kier alpha value is -2.34. The van der Waals surface area contributed by atoms with E-state index in [-0.39, 0.29) is 18.0 Å². The number of carbonyl (C=O) groups is 2. The van der Waals surface area contributed by atoms with Gasteiger partial charge in [0.2, 0.25) is 0 Å². The Morgan fingerprint density at radius 3 is 2.96 bits per heavy atom. The number of hydrogen-bond donors (Lipinski definition) is 1. The van der Waals surface area contributed by atoms with E-state index < -0.39 is 0 Å². The molecule has 2 aliphatic heterocycles. The molecule has 0 saturated carbocycles. The smallest absolute Gasteiger partial charge is 0.257 e. The third-order valence-corrected chi connectivity index (χ3v) is 6.11. The first-order valence-electron chi connectivity index (χ1n) is 9.21. The van der Waals surface area contributed by atoms with Gasteiger partial charge in [-0.15, -0.1) is 11.3 Å². The van der Waals surface area contributed by atoms with Crippen molar-refractivity contribution in [1.29, 1.82) is 0 Å². The number of rotatable bonds is 4. The van der Waals surface area contributed by atoms with E-state index in [4.69, 9.17) is 0 Å². The van der Waals surface area contributed by atoms with Crippen LogP contribution in [0.5, 0.6) is 0 Å². The molecule has 1 aromatic carbocycles. The van der Waals surface area contributed by atoms with Crippen molar-refractivity contribution in [2.75, 3.05) is 18.0 Å². The molecule has 0 bridgehead atoms. The molecule has 26 heavy (non-hydrogen) atoms. The number of piperidine rings is 1.